The summed E-state index contributed by atoms with van der Waals surface area (Å²) in [4.78, 5) is 60.0. The van der Waals surface area contributed by atoms with E-state index in [-0.39, 0.29) is 55.3 Å². The van der Waals surface area contributed by atoms with Crippen LogP contribution in [0.1, 0.15) is 51.6 Å². The van der Waals surface area contributed by atoms with Gasteiger partial charge in [0.25, 0.3) is 5.56 Å². The van der Waals surface area contributed by atoms with E-state index >= 15 is 0 Å². The van der Waals surface area contributed by atoms with Gasteiger partial charge in [-0.15, -0.1) is 0 Å². The number of esters is 1. The molecule has 3 aromatic carbocycles. The number of carbonyl (C=O) groups excluding carboxylic acids is 3. The molecule has 1 aliphatic carbocycles. The third kappa shape index (κ3) is 8.03. The molecule has 1 aromatic heterocycles. The molecule has 12 heteroatoms. The van der Waals surface area contributed by atoms with Gasteiger partial charge in [0.1, 0.15) is 18.9 Å². The van der Waals surface area contributed by atoms with Crippen LogP contribution < -0.4 is 27.7 Å². The first-order valence-corrected chi connectivity index (χ1v) is 14.9. The van der Waals surface area contributed by atoms with Gasteiger partial charge in [-0.1, -0.05) is 54.6 Å². The number of aliphatic imine (C=N–C) groups is 1. The van der Waals surface area contributed by atoms with Gasteiger partial charge in [-0.2, -0.15) is 0 Å². The molecule has 5 rings (SSSR count). The number of nitrogens with two attached hydrogens (primary N) is 2. The molecule has 1 amide bonds. The van der Waals surface area contributed by atoms with Crippen LogP contribution >= 0.6 is 0 Å². The number of ketones is 1. The highest BCUT2D eigenvalue weighted by Crippen LogP contribution is 2.26. The number of nitrogens with zero attached hydrogens (tertiary/aromatic N) is 3. The number of ether oxygens (including phenoxy) is 1. The number of carbonyl (C=O) groups is 3. The Morgan fingerprint density at radius 2 is 1.74 bits per heavy atom. The number of Topliss-reactive ketones (excluding diaryl/α,β-unsaturated/α-hetero) is 1. The van der Waals surface area contributed by atoms with Crippen LogP contribution in [0.4, 0.5) is 11.5 Å². The first-order valence-electron chi connectivity index (χ1n) is 14.9. The van der Waals surface area contributed by atoms with Gasteiger partial charge in [-0.25, -0.2) is 9.78 Å². The quantitative estimate of drug-likeness (QED) is 0.0573. The Bertz CT molecular complexity index is 1830. The minimum Gasteiger partial charge on any atom is -0.462 e. The Morgan fingerprint density at radius 1 is 1.00 bits per heavy atom. The van der Waals surface area contributed by atoms with E-state index < -0.39 is 17.4 Å². The van der Waals surface area contributed by atoms with Crippen LogP contribution in [0.2, 0.25) is 0 Å². The van der Waals surface area contributed by atoms with Crippen molar-refractivity contribution in [1.82, 2.24) is 14.9 Å². The number of anilines is 2. The van der Waals surface area contributed by atoms with Crippen molar-refractivity contribution >= 4 is 35.0 Å². The first-order chi connectivity index (χ1) is 22.2. The first kappa shape index (κ1) is 31.6. The molecule has 0 spiro atoms. The van der Waals surface area contributed by atoms with E-state index in [2.05, 4.69) is 20.6 Å². The minimum atomic E-state index is -0.553. The molecule has 1 heterocycles. The van der Waals surface area contributed by atoms with Crippen molar-refractivity contribution in [2.75, 3.05) is 24.2 Å². The average molecular weight is 622 g/mol. The Labute approximate surface area is 265 Å². The maximum Gasteiger partial charge on any atom is 0.338 e. The average Bonchev–Trinajstić information content (AvgIpc) is 3.89. The summed E-state index contributed by atoms with van der Waals surface area (Å²) in [7, 11) is 0. The zero-order valence-electron chi connectivity index (χ0n) is 25.4. The number of aromatic nitrogens is 2. The number of rotatable bonds is 13. The summed E-state index contributed by atoms with van der Waals surface area (Å²) in [5, 5.41) is 5.96. The zero-order chi connectivity index (χ0) is 32.6. The van der Waals surface area contributed by atoms with E-state index in [1.807, 2.05) is 6.07 Å². The number of nitrogen functional groups attached to an aromatic ring is 1. The lowest BCUT2D eigenvalue weighted by Gasteiger charge is -2.16. The fourth-order valence-electron chi connectivity index (χ4n) is 4.68. The van der Waals surface area contributed by atoms with Crippen LogP contribution in [0.25, 0.3) is 11.3 Å². The number of benzene rings is 3. The molecule has 0 radical (unpaired) electrons. The van der Waals surface area contributed by atoms with Gasteiger partial charge >= 0.3 is 5.97 Å². The van der Waals surface area contributed by atoms with Gasteiger partial charge in [0.05, 0.1) is 24.1 Å². The summed E-state index contributed by atoms with van der Waals surface area (Å²) in [5.41, 5.74) is 15.0. The second kappa shape index (κ2) is 14.3. The van der Waals surface area contributed by atoms with E-state index in [1.165, 1.54) is 16.8 Å². The lowest BCUT2D eigenvalue weighted by atomic mass is 10.1. The summed E-state index contributed by atoms with van der Waals surface area (Å²) in [6.45, 7) is 1.72. The van der Waals surface area contributed by atoms with Crippen LogP contribution in [0.5, 0.6) is 0 Å². The predicted octanol–water partition coefficient (Wildman–Crippen LogP) is 3.15. The molecule has 4 aromatic rings. The standard InChI is InChI=1S/C34H35N7O5/c1-2-46-34(45)25-14-24(15-26(35)16-25)28-18-39-32(40-27-12-13-27)33(44)41(28)20-30(43)37-17-21-8-10-23(11-9-21)31(36)38-19-29(42)22-6-4-3-5-7-22/h3-11,14-16,18,27H,2,12-13,17,19-20,35H2,1H3,(H2,36,38)(H,37,43)(H,39,40). The van der Waals surface area contributed by atoms with Crippen molar-refractivity contribution in [2.24, 2.45) is 10.7 Å². The van der Waals surface area contributed by atoms with Crippen molar-refractivity contribution in [2.45, 2.75) is 38.9 Å². The SMILES string of the molecule is CCOC(=O)c1cc(N)cc(-c2cnc(NC3CC3)c(=O)n2CC(=O)NCc2ccc(C(N)=NCC(=O)c3ccccc3)cc2)c1. The largest absolute Gasteiger partial charge is 0.462 e. The Balaban J connectivity index is 1.29. The van der Waals surface area contributed by atoms with Crippen LogP contribution in [-0.4, -0.2) is 52.2 Å². The minimum absolute atomic E-state index is 0.0678. The molecule has 236 valence electrons. The fourth-order valence-corrected chi connectivity index (χ4v) is 4.68. The molecular formula is C34H35N7O5. The number of amidine groups is 1. The normalized spacial score (nSPS) is 12.8. The van der Waals surface area contributed by atoms with Gasteiger partial charge < -0.3 is 26.8 Å². The third-order valence-electron chi connectivity index (χ3n) is 7.26. The Morgan fingerprint density at radius 3 is 2.43 bits per heavy atom. The van der Waals surface area contributed by atoms with Crippen LogP contribution in [-0.2, 0) is 22.6 Å². The summed E-state index contributed by atoms with van der Waals surface area (Å²) in [6.07, 6.45) is 3.36. The number of amides is 1. The van der Waals surface area contributed by atoms with Gasteiger partial charge in [0.2, 0.25) is 5.91 Å². The second-order valence-corrected chi connectivity index (χ2v) is 10.8. The third-order valence-corrected chi connectivity index (χ3v) is 7.26. The zero-order valence-corrected chi connectivity index (χ0v) is 25.4. The van der Waals surface area contributed by atoms with E-state index in [0.29, 0.717) is 28.1 Å². The maximum atomic E-state index is 13.5. The van der Waals surface area contributed by atoms with Gasteiger partial charge in [0.15, 0.2) is 11.6 Å². The molecule has 12 nitrogen and oxygen atoms in total. The van der Waals surface area contributed by atoms with Crippen molar-refractivity contribution in [1.29, 1.82) is 0 Å². The van der Waals surface area contributed by atoms with Crippen LogP contribution in [0.3, 0.4) is 0 Å². The molecule has 6 N–H and O–H groups in total. The van der Waals surface area contributed by atoms with Crippen molar-refractivity contribution in [3.63, 3.8) is 0 Å². The van der Waals surface area contributed by atoms with E-state index in [9.17, 15) is 19.2 Å². The molecule has 0 bridgehead atoms. The summed E-state index contributed by atoms with van der Waals surface area (Å²) in [6, 6.07) is 20.8. The molecule has 1 saturated carbocycles. The van der Waals surface area contributed by atoms with Crippen molar-refractivity contribution in [3.8, 4) is 11.3 Å². The van der Waals surface area contributed by atoms with E-state index in [1.54, 1.807) is 67.6 Å². The summed E-state index contributed by atoms with van der Waals surface area (Å²) < 4.78 is 6.43. The fraction of sp³-hybridized carbons (Fsp3) is 0.235. The number of hydrogen-bond acceptors (Lipinski definition) is 9. The lowest BCUT2D eigenvalue weighted by molar-refractivity contribution is -0.121. The molecule has 1 aliphatic rings. The van der Waals surface area contributed by atoms with E-state index in [0.717, 1.165) is 18.4 Å². The maximum absolute atomic E-state index is 13.5. The van der Waals surface area contributed by atoms with Gasteiger partial charge in [-0.3, -0.25) is 23.9 Å². The number of hydrogen-bond donors (Lipinski definition) is 4. The molecule has 46 heavy (non-hydrogen) atoms. The van der Waals surface area contributed by atoms with Gasteiger partial charge in [-0.05, 0) is 43.5 Å². The molecule has 0 atom stereocenters. The molecular weight excluding hydrogens is 586 g/mol. The number of nitrogens with one attached hydrogen (secondary N) is 2. The Kier molecular flexibility index (Phi) is 9.86. The smallest absolute Gasteiger partial charge is 0.338 e. The highest BCUT2D eigenvalue weighted by atomic mass is 16.5. The van der Waals surface area contributed by atoms with Gasteiger partial charge in [0, 0.05) is 35.0 Å². The topological polar surface area (TPSA) is 184 Å². The predicted molar refractivity (Wildman–Crippen MR) is 176 cm³/mol. The highest BCUT2D eigenvalue weighted by Gasteiger charge is 2.24. The highest BCUT2D eigenvalue weighted by molar-refractivity contribution is 6.02. The molecule has 1 fully saturated rings. The monoisotopic (exact) mass is 621 g/mol. The van der Waals surface area contributed by atoms with Crippen LogP contribution in [0, 0.1) is 0 Å². The molecule has 0 unspecified atom stereocenters. The summed E-state index contributed by atoms with van der Waals surface area (Å²) >= 11 is 0. The summed E-state index contributed by atoms with van der Waals surface area (Å²) in [5.74, 6) is -0.722. The van der Waals surface area contributed by atoms with Crippen molar-refractivity contribution in [3.05, 3.63) is 112 Å². The molecule has 0 aliphatic heterocycles. The van der Waals surface area contributed by atoms with Crippen molar-refractivity contribution < 1.29 is 19.1 Å². The molecule has 0 saturated heterocycles. The second-order valence-electron chi connectivity index (χ2n) is 10.8. The lowest BCUT2D eigenvalue weighted by Crippen LogP contribution is -2.34. The Hall–Kier alpha value is -5.78. The van der Waals surface area contributed by atoms with E-state index in [4.69, 9.17) is 16.2 Å². The van der Waals surface area contributed by atoms with Crippen LogP contribution in [0.15, 0.2) is 88.8 Å².